The number of hydrogen-bond donors (Lipinski definition) is 3. The van der Waals surface area contributed by atoms with Crippen LogP contribution < -0.4 is 0 Å². The minimum absolute atomic E-state index is 0.111. The van der Waals surface area contributed by atoms with Gasteiger partial charge in [0.05, 0.1) is 0 Å². The number of carbonyl (C=O) groups excluding carboxylic acids is 2. The largest absolute Gasteiger partial charge is 0.504 e. The van der Waals surface area contributed by atoms with Crippen LogP contribution in [0.2, 0.25) is 0 Å². The molecule has 1 heterocycles. The average molecular weight is 320 g/mol. The summed E-state index contributed by atoms with van der Waals surface area (Å²) in [6, 6.07) is 2.27. The summed E-state index contributed by atoms with van der Waals surface area (Å²) in [6.45, 7) is 2.07. The third kappa shape index (κ3) is 3.18. The van der Waals surface area contributed by atoms with Crippen molar-refractivity contribution in [2.75, 3.05) is 26.2 Å². The molecule has 124 valence electrons. The van der Waals surface area contributed by atoms with E-state index in [1.807, 2.05) is 4.90 Å². The summed E-state index contributed by atoms with van der Waals surface area (Å²) < 4.78 is 0. The number of phenols is 3. The predicted octanol–water partition coefficient (Wildman–Crippen LogP) is 0.888. The maximum absolute atomic E-state index is 12.5. The second-order valence-corrected chi connectivity index (χ2v) is 6.11. The quantitative estimate of drug-likeness (QED) is 0.703. The normalized spacial score (nSPS) is 18.6. The standard InChI is InChI=1S/C16H20N2O5/c19-12-8-11(9-13(20)14(12)21)16(23)18-5-1-4-17(6-7-18)15(22)10-2-3-10/h8-10,19-21H,1-7H2. The lowest BCUT2D eigenvalue weighted by Crippen LogP contribution is -2.37. The summed E-state index contributed by atoms with van der Waals surface area (Å²) >= 11 is 0. The summed E-state index contributed by atoms with van der Waals surface area (Å²) in [6.07, 6.45) is 2.62. The maximum atomic E-state index is 12.5. The van der Waals surface area contributed by atoms with Crippen molar-refractivity contribution in [1.29, 1.82) is 0 Å². The van der Waals surface area contributed by atoms with Crippen molar-refractivity contribution >= 4 is 11.8 Å². The highest BCUT2D eigenvalue weighted by molar-refractivity contribution is 5.95. The molecule has 0 spiro atoms. The number of nitrogens with zero attached hydrogens (tertiary/aromatic N) is 2. The number of rotatable bonds is 2. The lowest BCUT2D eigenvalue weighted by molar-refractivity contribution is -0.132. The molecule has 1 aromatic carbocycles. The van der Waals surface area contributed by atoms with Crippen LogP contribution in [0.5, 0.6) is 17.2 Å². The van der Waals surface area contributed by atoms with E-state index in [2.05, 4.69) is 0 Å². The van der Waals surface area contributed by atoms with Crippen LogP contribution >= 0.6 is 0 Å². The highest BCUT2D eigenvalue weighted by atomic mass is 16.3. The lowest BCUT2D eigenvalue weighted by atomic mass is 10.1. The van der Waals surface area contributed by atoms with E-state index in [4.69, 9.17) is 0 Å². The molecule has 0 bridgehead atoms. The molecule has 7 heteroatoms. The molecule has 1 aromatic rings. The van der Waals surface area contributed by atoms with Gasteiger partial charge in [0.25, 0.3) is 5.91 Å². The highest BCUT2D eigenvalue weighted by Gasteiger charge is 2.34. The van der Waals surface area contributed by atoms with Crippen molar-refractivity contribution in [3.63, 3.8) is 0 Å². The van der Waals surface area contributed by atoms with E-state index in [-0.39, 0.29) is 23.3 Å². The molecule has 1 aliphatic heterocycles. The van der Waals surface area contributed by atoms with Crippen LogP contribution in [0, 0.1) is 5.92 Å². The molecule has 3 N–H and O–H groups in total. The molecule has 0 radical (unpaired) electrons. The van der Waals surface area contributed by atoms with Crippen molar-refractivity contribution < 1.29 is 24.9 Å². The number of benzene rings is 1. The van der Waals surface area contributed by atoms with Crippen molar-refractivity contribution in [3.8, 4) is 17.2 Å². The topological polar surface area (TPSA) is 101 Å². The van der Waals surface area contributed by atoms with Gasteiger partial charge in [-0.1, -0.05) is 0 Å². The Labute approximate surface area is 133 Å². The fraction of sp³-hybridized carbons (Fsp3) is 0.500. The van der Waals surface area contributed by atoms with E-state index < -0.39 is 17.2 Å². The molecule has 0 aromatic heterocycles. The van der Waals surface area contributed by atoms with E-state index in [0.717, 1.165) is 25.0 Å². The minimum Gasteiger partial charge on any atom is -0.504 e. The summed E-state index contributed by atoms with van der Waals surface area (Å²) in [5, 5.41) is 28.4. The molecule has 1 aliphatic carbocycles. The summed E-state index contributed by atoms with van der Waals surface area (Å²) in [7, 11) is 0. The number of aromatic hydroxyl groups is 3. The Morgan fingerprint density at radius 2 is 1.48 bits per heavy atom. The van der Waals surface area contributed by atoms with E-state index in [1.54, 1.807) is 4.90 Å². The molecule has 2 amide bonds. The van der Waals surface area contributed by atoms with Crippen molar-refractivity contribution in [2.45, 2.75) is 19.3 Å². The van der Waals surface area contributed by atoms with E-state index >= 15 is 0 Å². The lowest BCUT2D eigenvalue weighted by Gasteiger charge is -2.22. The van der Waals surface area contributed by atoms with Gasteiger partial charge in [-0.2, -0.15) is 0 Å². The first-order chi connectivity index (χ1) is 11.0. The smallest absolute Gasteiger partial charge is 0.254 e. The third-order valence-corrected chi connectivity index (χ3v) is 4.34. The molecule has 0 unspecified atom stereocenters. The molecule has 1 saturated heterocycles. The molecule has 2 fully saturated rings. The van der Waals surface area contributed by atoms with E-state index in [1.165, 1.54) is 0 Å². The number of carbonyl (C=O) groups is 2. The first-order valence-corrected chi connectivity index (χ1v) is 7.80. The second kappa shape index (κ2) is 5.98. The van der Waals surface area contributed by atoms with Gasteiger partial charge in [0.15, 0.2) is 17.2 Å². The van der Waals surface area contributed by atoms with Gasteiger partial charge in [0, 0.05) is 37.7 Å². The van der Waals surface area contributed by atoms with Crippen LogP contribution in [-0.2, 0) is 4.79 Å². The first kappa shape index (κ1) is 15.5. The van der Waals surface area contributed by atoms with Gasteiger partial charge in [-0.3, -0.25) is 9.59 Å². The number of phenolic OH excluding ortho intramolecular Hbond substituents is 3. The fourth-order valence-corrected chi connectivity index (χ4v) is 2.84. The SMILES string of the molecule is O=C(c1cc(O)c(O)c(O)c1)N1CCCN(C(=O)C2CC2)CC1. The predicted molar refractivity (Wildman–Crippen MR) is 81.3 cm³/mol. The van der Waals surface area contributed by atoms with Gasteiger partial charge >= 0.3 is 0 Å². The van der Waals surface area contributed by atoms with Gasteiger partial charge in [-0.15, -0.1) is 0 Å². The fourth-order valence-electron chi connectivity index (χ4n) is 2.84. The third-order valence-electron chi connectivity index (χ3n) is 4.34. The Kier molecular flexibility index (Phi) is 4.02. The van der Waals surface area contributed by atoms with Gasteiger partial charge in [0.2, 0.25) is 5.91 Å². The van der Waals surface area contributed by atoms with Gasteiger partial charge < -0.3 is 25.1 Å². The Morgan fingerprint density at radius 1 is 0.913 bits per heavy atom. The Morgan fingerprint density at radius 3 is 2.09 bits per heavy atom. The zero-order valence-electron chi connectivity index (χ0n) is 12.7. The van der Waals surface area contributed by atoms with Crippen LogP contribution in [0.25, 0.3) is 0 Å². The zero-order chi connectivity index (χ0) is 16.6. The molecule has 2 aliphatic rings. The van der Waals surface area contributed by atoms with E-state index in [0.29, 0.717) is 32.6 Å². The van der Waals surface area contributed by atoms with Crippen molar-refractivity contribution in [2.24, 2.45) is 5.92 Å². The monoisotopic (exact) mass is 320 g/mol. The summed E-state index contributed by atoms with van der Waals surface area (Å²) in [5.41, 5.74) is 0.111. The minimum atomic E-state index is -0.640. The van der Waals surface area contributed by atoms with Crippen LogP contribution in [0.3, 0.4) is 0 Å². The zero-order valence-corrected chi connectivity index (χ0v) is 12.7. The number of amides is 2. The first-order valence-electron chi connectivity index (χ1n) is 7.80. The Balaban J connectivity index is 1.69. The molecule has 23 heavy (non-hydrogen) atoms. The molecule has 1 saturated carbocycles. The molecular formula is C16H20N2O5. The summed E-state index contributed by atoms with van der Waals surface area (Å²) in [5.74, 6) is -1.69. The Bertz CT molecular complexity index is 618. The summed E-state index contributed by atoms with van der Waals surface area (Å²) in [4.78, 5) is 28.0. The van der Waals surface area contributed by atoms with Crippen LogP contribution in [-0.4, -0.2) is 63.1 Å². The van der Waals surface area contributed by atoms with Gasteiger partial charge in [-0.25, -0.2) is 0 Å². The van der Waals surface area contributed by atoms with Gasteiger partial charge in [0.1, 0.15) is 0 Å². The Hall–Kier alpha value is -2.44. The van der Waals surface area contributed by atoms with Crippen LogP contribution in [0.4, 0.5) is 0 Å². The van der Waals surface area contributed by atoms with Gasteiger partial charge in [-0.05, 0) is 31.4 Å². The number of hydrogen-bond acceptors (Lipinski definition) is 5. The molecular weight excluding hydrogens is 300 g/mol. The molecule has 7 nitrogen and oxygen atoms in total. The van der Waals surface area contributed by atoms with E-state index in [9.17, 15) is 24.9 Å². The molecule has 0 atom stereocenters. The van der Waals surface area contributed by atoms with Crippen LogP contribution in [0.1, 0.15) is 29.6 Å². The second-order valence-electron chi connectivity index (χ2n) is 6.11. The van der Waals surface area contributed by atoms with Crippen molar-refractivity contribution in [1.82, 2.24) is 9.80 Å². The molecule has 3 rings (SSSR count). The maximum Gasteiger partial charge on any atom is 0.254 e. The highest BCUT2D eigenvalue weighted by Crippen LogP contribution is 2.36. The average Bonchev–Trinajstić information content (AvgIpc) is 3.36. The van der Waals surface area contributed by atoms with Crippen molar-refractivity contribution in [3.05, 3.63) is 17.7 Å². The van der Waals surface area contributed by atoms with Crippen LogP contribution in [0.15, 0.2) is 12.1 Å².